The highest BCUT2D eigenvalue weighted by atomic mass is 16.5. The van der Waals surface area contributed by atoms with Gasteiger partial charge in [-0.05, 0) is 30.3 Å². The number of carboxylic acid groups (broad SMARTS) is 1. The summed E-state index contributed by atoms with van der Waals surface area (Å²) in [5.74, 6) is -0.354. The van der Waals surface area contributed by atoms with Gasteiger partial charge in [-0.25, -0.2) is 4.79 Å². The monoisotopic (exact) mass is 412 g/mol. The third-order valence-electron chi connectivity index (χ3n) is 4.77. The minimum atomic E-state index is -1.21. The summed E-state index contributed by atoms with van der Waals surface area (Å²) in [7, 11) is 1.64. The van der Waals surface area contributed by atoms with Crippen molar-refractivity contribution in [1.82, 2.24) is 9.47 Å². The van der Waals surface area contributed by atoms with Gasteiger partial charge in [0.1, 0.15) is 11.3 Å². The lowest BCUT2D eigenvalue weighted by atomic mass is 10.2. The molecule has 1 aliphatic heterocycles. The summed E-state index contributed by atoms with van der Waals surface area (Å²) in [4.78, 5) is 37.6. The van der Waals surface area contributed by atoms with Crippen LogP contribution < -0.4 is 10.6 Å². The molecule has 0 atom stereocenters. The second-order valence-corrected chi connectivity index (χ2v) is 6.88. The van der Waals surface area contributed by atoms with Crippen LogP contribution in [0.2, 0.25) is 0 Å². The van der Waals surface area contributed by atoms with Crippen molar-refractivity contribution < 1.29 is 28.6 Å². The Morgan fingerprint density at radius 1 is 1.03 bits per heavy atom. The van der Waals surface area contributed by atoms with Crippen molar-refractivity contribution in [3.8, 4) is 0 Å². The second kappa shape index (κ2) is 7.91. The molecule has 0 spiro atoms. The topological polar surface area (TPSA) is 126 Å². The zero-order valence-electron chi connectivity index (χ0n) is 16.2. The zero-order valence-corrected chi connectivity index (χ0v) is 16.2. The van der Waals surface area contributed by atoms with Crippen LogP contribution in [-0.2, 0) is 11.8 Å². The molecule has 156 valence electrons. The summed E-state index contributed by atoms with van der Waals surface area (Å²) >= 11 is 0. The van der Waals surface area contributed by atoms with Gasteiger partial charge in [0.15, 0.2) is 5.76 Å². The van der Waals surface area contributed by atoms with Crippen molar-refractivity contribution in [2.24, 2.45) is 7.05 Å². The molecule has 0 aliphatic carbocycles. The lowest BCUT2D eigenvalue weighted by Gasteiger charge is -2.25. The second-order valence-electron chi connectivity index (χ2n) is 6.88. The Balaban J connectivity index is 1.51. The first kappa shape index (κ1) is 19.5. The van der Waals surface area contributed by atoms with E-state index < -0.39 is 12.0 Å². The van der Waals surface area contributed by atoms with Crippen molar-refractivity contribution in [2.45, 2.75) is 0 Å². The fraction of sp³-hybridized carbons (Fsp3) is 0.250. The number of carbonyl (C=O) groups is 3. The highest BCUT2D eigenvalue weighted by Crippen LogP contribution is 2.25. The molecular weight excluding hydrogens is 392 g/mol. The highest BCUT2D eigenvalue weighted by Gasteiger charge is 2.22. The van der Waals surface area contributed by atoms with Gasteiger partial charge in [-0.3, -0.25) is 14.9 Å². The molecule has 1 aliphatic rings. The summed E-state index contributed by atoms with van der Waals surface area (Å²) < 4.78 is 12.5. The van der Waals surface area contributed by atoms with Gasteiger partial charge in [0.2, 0.25) is 0 Å². The van der Waals surface area contributed by atoms with Crippen molar-refractivity contribution in [1.29, 1.82) is 0 Å². The molecule has 30 heavy (non-hydrogen) atoms. The number of ether oxygens (including phenoxy) is 1. The Bertz CT molecular complexity index is 1130. The number of rotatable bonds is 4. The lowest BCUT2D eigenvalue weighted by molar-refractivity contribution is 0.0284. The van der Waals surface area contributed by atoms with Gasteiger partial charge in [-0.1, -0.05) is 0 Å². The van der Waals surface area contributed by atoms with Crippen LogP contribution >= 0.6 is 0 Å². The molecule has 0 radical (unpaired) electrons. The van der Waals surface area contributed by atoms with Crippen molar-refractivity contribution in [2.75, 3.05) is 36.9 Å². The van der Waals surface area contributed by atoms with Crippen LogP contribution in [0.4, 0.5) is 16.2 Å². The van der Waals surface area contributed by atoms with Crippen LogP contribution in [0, 0.1) is 0 Å². The predicted molar refractivity (Wildman–Crippen MR) is 108 cm³/mol. The molecule has 1 saturated heterocycles. The molecule has 3 amide bonds. The van der Waals surface area contributed by atoms with E-state index in [9.17, 15) is 14.4 Å². The molecule has 1 aromatic carbocycles. The molecule has 0 saturated carbocycles. The Labute approximate surface area is 171 Å². The van der Waals surface area contributed by atoms with Crippen molar-refractivity contribution >= 4 is 40.3 Å². The van der Waals surface area contributed by atoms with E-state index in [0.717, 1.165) is 0 Å². The van der Waals surface area contributed by atoms with Crippen LogP contribution in [0.25, 0.3) is 11.0 Å². The number of amides is 3. The number of hydrogen-bond donors (Lipinski definition) is 3. The Kier molecular flexibility index (Phi) is 5.15. The van der Waals surface area contributed by atoms with Crippen LogP contribution in [0.15, 0.2) is 40.9 Å². The number of morpholine rings is 1. The average molecular weight is 412 g/mol. The third kappa shape index (κ3) is 3.98. The number of hydrogen-bond acceptors (Lipinski definition) is 5. The normalized spacial score (nSPS) is 14.0. The molecule has 0 bridgehead atoms. The molecule has 3 aromatic rings. The van der Waals surface area contributed by atoms with Crippen LogP contribution in [0.3, 0.4) is 0 Å². The number of carbonyl (C=O) groups excluding carboxylic acids is 2. The van der Waals surface area contributed by atoms with Crippen LogP contribution in [0.5, 0.6) is 0 Å². The first-order valence-electron chi connectivity index (χ1n) is 9.29. The Hall–Kier alpha value is -3.79. The van der Waals surface area contributed by atoms with Gasteiger partial charge in [0.25, 0.3) is 11.8 Å². The number of nitrogens with one attached hydrogen (secondary N) is 2. The van der Waals surface area contributed by atoms with Gasteiger partial charge < -0.3 is 29.0 Å². The summed E-state index contributed by atoms with van der Waals surface area (Å²) in [6, 6.07) is 8.17. The molecular formula is C20H20N4O6. The van der Waals surface area contributed by atoms with E-state index in [1.165, 1.54) is 16.8 Å². The number of benzene rings is 1. The van der Waals surface area contributed by atoms with Gasteiger partial charge in [-0.2, -0.15) is 0 Å². The van der Waals surface area contributed by atoms with E-state index in [1.807, 2.05) is 0 Å². The molecule has 10 heteroatoms. The van der Waals surface area contributed by atoms with E-state index in [4.69, 9.17) is 14.3 Å². The number of nitrogens with zero attached hydrogens (tertiary/aromatic N) is 2. The third-order valence-corrected chi connectivity index (χ3v) is 4.77. The maximum Gasteiger partial charge on any atom is 0.409 e. The predicted octanol–water partition coefficient (Wildman–Crippen LogP) is 2.59. The zero-order chi connectivity index (χ0) is 21.3. The standard InChI is InChI=1S/C20H20N4O6/c1-23-11-14(22-20(27)28)10-15(23)18(25)21-13-2-3-16-12(8-13)9-17(30-16)19(26)24-4-6-29-7-5-24/h2-3,8-11,22H,4-7H2,1H3,(H,21,25)(H,27,28). The van der Waals surface area contributed by atoms with Gasteiger partial charge in [0.05, 0.1) is 18.9 Å². The molecule has 3 N–H and O–H groups in total. The smallest absolute Gasteiger partial charge is 0.409 e. The summed E-state index contributed by atoms with van der Waals surface area (Å²) in [6.45, 7) is 2.05. The van der Waals surface area contributed by atoms with Crippen LogP contribution in [0.1, 0.15) is 21.0 Å². The SMILES string of the molecule is Cn1cc(NC(=O)O)cc1C(=O)Nc1ccc2oc(C(=O)N3CCOCC3)cc2c1. The van der Waals surface area contributed by atoms with E-state index >= 15 is 0 Å². The summed E-state index contributed by atoms with van der Waals surface area (Å²) in [5.41, 5.74) is 1.64. The van der Waals surface area contributed by atoms with Crippen molar-refractivity contribution in [3.05, 3.63) is 48.0 Å². The first-order chi connectivity index (χ1) is 14.4. The number of anilines is 2. The number of furan rings is 1. The first-order valence-corrected chi connectivity index (χ1v) is 9.29. The lowest BCUT2D eigenvalue weighted by Crippen LogP contribution is -2.40. The molecule has 2 aromatic heterocycles. The Morgan fingerprint density at radius 3 is 2.53 bits per heavy atom. The molecule has 4 rings (SSSR count). The van der Waals surface area contributed by atoms with Gasteiger partial charge in [0, 0.05) is 37.4 Å². The maximum absolute atomic E-state index is 12.6. The van der Waals surface area contributed by atoms with Crippen molar-refractivity contribution in [3.63, 3.8) is 0 Å². The van der Waals surface area contributed by atoms with E-state index in [2.05, 4.69) is 10.6 Å². The average Bonchev–Trinajstić information content (AvgIpc) is 3.30. The number of fused-ring (bicyclic) bond motifs is 1. The Morgan fingerprint density at radius 2 is 1.80 bits per heavy atom. The van der Waals surface area contributed by atoms with Gasteiger partial charge >= 0.3 is 6.09 Å². The number of aryl methyl sites for hydroxylation is 1. The van der Waals surface area contributed by atoms with E-state index in [1.54, 1.807) is 36.2 Å². The minimum Gasteiger partial charge on any atom is -0.465 e. The molecule has 0 unspecified atom stereocenters. The molecule has 10 nitrogen and oxygen atoms in total. The molecule has 1 fully saturated rings. The maximum atomic E-state index is 12.6. The fourth-order valence-electron chi connectivity index (χ4n) is 3.33. The van der Waals surface area contributed by atoms with E-state index in [-0.39, 0.29) is 17.4 Å². The minimum absolute atomic E-state index is 0.192. The number of aromatic nitrogens is 1. The van der Waals surface area contributed by atoms with Gasteiger partial charge in [-0.15, -0.1) is 0 Å². The largest absolute Gasteiger partial charge is 0.465 e. The summed E-state index contributed by atoms with van der Waals surface area (Å²) in [5, 5.41) is 14.5. The fourth-order valence-corrected chi connectivity index (χ4v) is 3.33. The highest BCUT2D eigenvalue weighted by molar-refractivity contribution is 6.05. The summed E-state index contributed by atoms with van der Waals surface area (Å²) in [6.07, 6.45) is 0.298. The van der Waals surface area contributed by atoms with E-state index in [0.29, 0.717) is 48.6 Å². The molecule has 3 heterocycles. The van der Waals surface area contributed by atoms with Crippen LogP contribution in [-0.4, -0.2) is 58.8 Å². The quantitative estimate of drug-likeness (QED) is 0.605.